The van der Waals surface area contributed by atoms with Crippen LogP contribution >= 0.6 is 0 Å². The molecule has 9 heteroatoms. The number of hydrogen-bond acceptors (Lipinski definition) is 5. The van der Waals surface area contributed by atoms with Gasteiger partial charge in [-0.15, -0.1) is 0 Å². The Balaban J connectivity index is 1.71. The summed E-state index contributed by atoms with van der Waals surface area (Å²) in [6.45, 7) is 3.77. The first-order valence-electron chi connectivity index (χ1n) is 8.59. The average Bonchev–Trinajstić information content (AvgIpc) is 3.15. The Labute approximate surface area is 154 Å². The Bertz CT molecular complexity index is 763. The molecule has 1 amide bonds. The Morgan fingerprint density at radius 3 is 2.70 bits per heavy atom. The molecule has 3 rings (SSSR count). The van der Waals surface area contributed by atoms with Crippen LogP contribution < -0.4 is 14.9 Å². The van der Waals surface area contributed by atoms with Crippen LogP contribution in [0.1, 0.15) is 32.3 Å². The average molecular weight is 386 g/mol. The summed E-state index contributed by atoms with van der Waals surface area (Å²) in [7, 11) is 0. The van der Waals surface area contributed by atoms with Gasteiger partial charge in [0.25, 0.3) is 5.72 Å². The van der Waals surface area contributed by atoms with Crippen LogP contribution in [0.15, 0.2) is 30.0 Å². The van der Waals surface area contributed by atoms with Gasteiger partial charge in [-0.3, -0.25) is 10.2 Å². The molecule has 27 heavy (non-hydrogen) atoms. The minimum atomic E-state index is -5.02. The van der Waals surface area contributed by atoms with Crippen molar-refractivity contribution in [1.82, 2.24) is 10.4 Å². The SMILES string of the molecule is CC(C)CC1=C[C@](O)(C(F)(F)F)N(C(=O)CCc2ccc3c(c2)OCO3)N1. The molecule has 0 bridgehead atoms. The number of hydrazine groups is 1. The van der Waals surface area contributed by atoms with Crippen molar-refractivity contribution < 1.29 is 32.5 Å². The van der Waals surface area contributed by atoms with E-state index in [1.165, 1.54) is 0 Å². The summed E-state index contributed by atoms with van der Waals surface area (Å²) >= 11 is 0. The van der Waals surface area contributed by atoms with E-state index in [4.69, 9.17) is 9.47 Å². The number of benzene rings is 1. The zero-order chi connectivity index (χ0) is 19.8. The summed E-state index contributed by atoms with van der Waals surface area (Å²) < 4.78 is 50.7. The highest BCUT2D eigenvalue weighted by molar-refractivity contribution is 5.78. The predicted octanol–water partition coefficient (Wildman–Crippen LogP) is 2.88. The number of amides is 1. The lowest BCUT2D eigenvalue weighted by Crippen LogP contribution is -2.60. The fourth-order valence-electron chi connectivity index (χ4n) is 3.03. The second-order valence-electron chi connectivity index (χ2n) is 7.02. The highest BCUT2D eigenvalue weighted by atomic mass is 19.4. The number of aryl methyl sites for hydroxylation is 1. The molecule has 148 valence electrons. The topological polar surface area (TPSA) is 71.0 Å². The zero-order valence-corrected chi connectivity index (χ0v) is 15.0. The lowest BCUT2D eigenvalue weighted by atomic mass is 10.1. The van der Waals surface area contributed by atoms with Crippen molar-refractivity contribution in [3.63, 3.8) is 0 Å². The third kappa shape index (κ3) is 3.83. The number of ether oxygens (including phenoxy) is 2. The van der Waals surface area contributed by atoms with Gasteiger partial charge in [0.2, 0.25) is 12.7 Å². The smallest absolute Gasteiger partial charge is 0.442 e. The molecule has 6 nitrogen and oxygen atoms in total. The number of hydrogen-bond donors (Lipinski definition) is 2. The van der Waals surface area contributed by atoms with E-state index < -0.39 is 17.8 Å². The van der Waals surface area contributed by atoms with Gasteiger partial charge in [-0.25, -0.2) is 5.01 Å². The molecule has 2 aliphatic heterocycles. The summed E-state index contributed by atoms with van der Waals surface area (Å²) in [6, 6.07) is 5.09. The molecule has 2 N–H and O–H groups in total. The zero-order valence-electron chi connectivity index (χ0n) is 15.0. The maximum atomic E-state index is 13.4. The molecular weight excluding hydrogens is 365 g/mol. The summed E-state index contributed by atoms with van der Waals surface area (Å²) in [5.41, 5.74) is -0.0427. The molecule has 1 atom stereocenters. The molecule has 2 aliphatic rings. The number of aliphatic hydroxyl groups is 1. The highest BCUT2D eigenvalue weighted by Crippen LogP contribution is 2.39. The number of carbonyl (C=O) groups excluding carboxylic acids is 1. The lowest BCUT2D eigenvalue weighted by Gasteiger charge is -2.33. The van der Waals surface area contributed by atoms with Crippen LogP contribution in [0.25, 0.3) is 0 Å². The van der Waals surface area contributed by atoms with Crippen LogP contribution in [0, 0.1) is 5.92 Å². The van der Waals surface area contributed by atoms with Crippen LogP contribution in [0.5, 0.6) is 11.5 Å². The Kier molecular flexibility index (Phi) is 4.98. The summed E-state index contributed by atoms with van der Waals surface area (Å²) in [5, 5.41) is 10.4. The second kappa shape index (κ2) is 6.95. The molecule has 0 fully saturated rings. The monoisotopic (exact) mass is 386 g/mol. The van der Waals surface area contributed by atoms with Crippen molar-refractivity contribution in [1.29, 1.82) is 0 Å². The molecule has 2 heterocycles. The molecular formula is C18H21F3N2O4. The van der Waals surface area contributed by atoms with Gasteiger partial charge in [-0.1, -0.05) is 19.9 Å². The molecule has 0 saturated heterocycles. The van der Waals surface area contributed by atoms with E-state index in [9.17, 15) is 23.1 Å². The fourth-order valence-corrected chi connectivity index (χ4v) is 3.03. The van der Waals surface area contributed by atoms with E-state index in [0.29, 0.717) is 17.6 Å². The number of nitrogens with one attached hydrogen (secondary N) is 1. The van der Waals surface area contributed by atoms with Crippen molar-refractivity contribution in [3.05, 3.63) is 35.5 Å². The van der Waals surface area contributed by atoms with Gasteiger partial charge in [0.15, 0.2) is 11.5 Å². The van der Waals surface area contributed by atoms with Crippen LogP contribution in [-0.4, -0.2) is 34.7 Å². The standard InChI is InChI=1S/C18H21F3N2O4/c1-11(2)7-13-9-17(25,18(19,20)21)23(22-13)16(24)6-4-12-3-5-14-15(8-12)27-10-26-14/h3,5,8-9,11,22,25H,4,6-7,10H2,1-2H3/t17-/m0/s1. The Morgan fingerprint density at radius 1 is 1.33 bits per heavy atom. The van der Waals surface area contributed by atoms with E-state index in [2.05, 4.69) is 5.43 Å². The van der Waals surface area contributed by atoms with Crippen LogP contribution in [0.2, 0.25) is 0 Å². The van der Waals surface area contributed by atoms with E-state index in [1.54, 1.807) is 18.2 Å². The minimum Gasteiger partial charge on any atom is -0.454 e. The van der Waals surface area contributed by atoms with E-state index in [0.717, 1.165) is 5.56 Å². The third-order valence-corrected chi connectivity index (χ3v) is 4.33. The Hall–Kier alpha value is -2.42. The summed E-state index contributed by atoms with van der Waals surface area (Å²) in [4.78, 5) is 12.5. The second-order valence-corrected chi connectivity index (χ2v) is 7.02. The molecule has 1 aromatic rings. The van der Waals surface area contributed by atoms with Gasteiger partial charge < -0.3 is 14.6 Å². The number of rotatable bonds is 5. The van der Waals surface area contributed by atoms with E-state index in [-0.39, 0.29) is 42.7 Å². The molecule has 0 radical (unpaired) electrons. The molecule has 0 aliphatic carbocycles. The van der Waals surface area contributed by atoms with Crippen molar-refractivity contribution in [3.8, 4) is 11.5 Å². The van der Waals surface area contributed by atoms with Crippen molar-refractivity contribution >= 4 is 5.91 Å². The van der Waals surface area contributed by atoms with Gasteiger partial charge in [0, 0.05) is 12.1 Å². The number of alkyl halides is 3. The van der Waals surface area contributed by atoms with E-state index in [1.807, 2.05) is 13.8 Å². The number of halogens is 3. The van der Waals surface area contributed by atoms with Gasteiger partial charge in [-0.05, 0) is 42.5 Å². The van der Waals surface area contributed by atoms with Gasteiger partial charge in [0.1, 0.15) is 0 Å². The first-order chi connectivity index (χ1) is 12.6. The molecule has 0 unspecified atom stereocenters. The van der Waals surface area contributed by atoms with Crippen LogP contribution in [0.3, 0.4) is 0 Å². The highest BCUT2D eigenvalue weighted by Gasteiger charge is 2.61. The maximum absolute atomic E-state index is 13.4. The summed E-state index contributed by atoms with van der Waals surface area (Å²) in [5.74, 6) is 0.319. The first kappa shape index (κ1) is 19.3. The van der Waals surface area contributed by atoms with Gasteiger partial charge in [0.05, 0.1) is 0 Å². The predicted molar refractivity (Wildman–Crippen MR) is 89.4 cm³/mol. The van der Waals surface area contributed by atoms with Crippen molar-refractivity contribution in [2.24, 2.45) is 5.92 Å². The summed E-state index contributed by atoms with van der Waals surface area (Å²) in [6.07, 6.45) is -4.09. The molecule has 0 saturated carbocycles. The van der Waals surface area contributed by atoms with Gasteiger partial charge in [-0.2, -0.15) is 13.2 Å². The first-order valence-corrected chi connectivity index (χ1v) is 8.59. The maximum Gasteiger partial charge on any atom is 0.442 e. The van der Waals surface area contributed by atoms with E-state index >= 15 is 0 Å². The third-order valence-electron chi connectivity index (χ3n) is 4.33. The van der Waals surface area contributed by atoms with Crippen molar-refractivity contribution in [2.75, 3.05) is 6.79 Å². The number of carbonyl (C=O) groups is 1. The number of fused-ring (bicyclic) bond motifs is 1. The van der Waals surface area contributed by atoms with Crippen LogP contribution in [0.4, 0.5) is 13.2 Å². The molecule has 1 aromatic carbocycles. The largest absolute Gasteiger partial charge is 0.454 e. The molecule has 0 spiro atoms. The lowest BCUT2D eigenvalue weighted by molar-refractivity contribution is -0.289. The number of nitrogens with zero attached hydrogens (tertiary/aromatic N) is 1. The van der Waals surface area contributed by atoms with Crippen LogP contribution in [-0.2, 0) is 11.2 Å². The normalized spacial score (nSPS) is 21.4. The molecule has 0 aromatic heterocycles. The minimum absolute atomic E-state index is 0.0601. The quantitative estimate of drug-likeness (QED) is 0.814. The fraction of sp³-hybridized carbons (Fsp3) is 0.500. The Morgan fingerprint density at radius 2 is 2.04 bits per heavy atom. The van der Waals surface area contributed by atoms with Gasteiger partial charge >= 0.3 is 6.18 Å². The van der Waals surface area contributed by atoms with Crippen molar-refractivity contribution in [2.45, 2.75) is 45.0 Å². The number of allylic oxidation sites excluding steroid dienone is 1.